The smallest absolute Gasteiger partial charge is 0.115 e. The number of phenols is 2. The standard InChI is InChI=1S/C21H27NO2/c23-19-10-6-17(7-11-19)21(18-8-12-20(24)13-9-18)16-4-1-2-14-22-15-3-5-16/h6-13,16,21-24H,1-5,14-15H2. The molecule has 2 aromatic rings. The van der Waals surface area contributed by atoms with Crippen LogP contribution in [-0.4, -0.2) is 23.3 Å². The van der Waals surface area contributed by atoms with E-state index >= 15 is 0 Å². The Labute approximate surface area is 144 Å². The quantitative estimate of drug-likeness (QED) is 0.784. The third kappa shape index (κ3) is 4.30. The first-order chi connectivity index (χ1) is 11.7. The van der Waals surface area contributed by atoms with Crippen LogP contribution in [0, 0.1) is 5.92 Å². The van der Waals surface area contributed by atoms with Gasteiger partial charge in [0.15, 0.2) is 0 Å². The molecule has 0 amide bonds. The fourth-order valence-corrected chi connectivity index (χ4v) is 3.85. The second-order valence-corrected chi connectivity index (χ2v) is 6.81. The van der Waals surface area contributed by atoms with E-state index in [1.165, 1.54) is 43.2 Å². The molecule has 3 nitrogen and oxygen atoms in total. The van der Waals surface area contributed by atoms with Crippen molar-refractivity contribution >= 4 is 0 Å². The largest absolute Gasteiger partial charge is 0.508 e. The maximum atomic E-state index is 9.63. The van der Waals surface area contributed by atoms with Gasteiger partial charge in [-0.3, -0.25) is 0 Å². The Balaban J connectivity index is 1.93. The molecule has 1 aliphatic rings. The molecule has 1 saturated heterocycles. The Morgan fingerprint density at radius 2 is 1.21 bits per heavy atom. The monoisotopic (exact) mass is 325 g/mol. The molecule has 2 aromatic carbocycles. The zero-order chi connectivity index (χ0) is 16.8. The van der Waals surface area contributed by atoms with E-state index in [4.69, 9.17) is 0 Å². The van der Waals surface area contributed by atoms with Crippen LogP contribution in [0.1, 0.15) is 49.1 Å². The molecule has 3 rings (SSSR count). The summed E-state index contributed by atoms with van der Waals surface area (Å²) in [5.74, 6) is 1.51. The molecule has 1 unspecified atom stereocenters. The molecule has 0 aliphatic carbocycles. The summed E-state index contributed by atoms with van der Waals surface area (Å²) in [6, 6.07) is 15.3. The van der Waals surface area contributed by atoms with Crippen LogP contribution in [0.15, 0.2) is 48.5 Å². The lowest BCUT2D eigenvalue weighted by Gasteiger charge is -2.28. The third-order valence-corrected chi connectivity index (χ3v) is 5.08. The SMILES string of the molecule is Oc1ccc(C(c2ccc(O)cc2)C2CCCCNCCC2)cc1. The lowest BCUT2D eigenvalue weighted by molar-refractivity contribution is 0.389. The molecule has 1 heterocycles. The Hall–Kier alpha value is -2.00. The van der Waals surface area contributed by atoms with E-state index in [2.05, 4.69) is 5.32 Å². The van der Waals surface area contributed by atoms with Gasteiger partial charge in [0.2, 0.25) is 0 Å². The third-order valence-electron chi connectivity index (χ3n) is 5.08. The van der Waals surface area contributed by atoms with Gasteiger partial charge in [0, 0.05) is 5.92 Å². The van der Waals surface area contributed by atoms with Crippen molar-refractivity contribution in [3.05, 3.63) is 59.7 Å². The average Bonchev–Trinajstić information content (AvgIpc) is 2.73. The Kier molecular flexibility index (Phi) is 5.76. The van der Waals surface area contributed by atoms with Gasteiger partial charge in [-0.05, 0) is 80.1 Å². The van der Waals surface area contributed by atoms with Crippen molar-refractivity contribution in [3.63, 3.8) is 0 Å². The van der Waals surface area contributed by atoms with Crippen molar-refractivity contribution in [2.24, 2.45) is 5.92 Å². The second kappa shape index (κ2) is 8.20. The van der Waals surface area contributed by atoms with Crippen LogP contribution in [0.5, 0.6) is 11.5 Å². The van der Waals surface area contributed by atoms with E-state index in [9.17, 15) is 10.2 Å². The lowest BCUT2D eigenvalue weighted by atomic mass is 9.76. The molecule has 128 valence electrons. The predicted octanol–water partition coefficient (Wildman–Crippen LogP) is 4.40. The minimum atomic E-state index is 0.307. The van der Waals surface area contributed by atoms with Crippen molar-refractivity contribution in [3.8, 4) is 11.5 Å². The van der Waals surface area contributed by atoms with E-state index in [0.717, 1.165) is 13.1 Å². The highest BCUT2D eigenvalue weighted by atomic mass is 16.3. The number of benzene rings is 2. The van der Waals surface area contributed by atoms with Crippen LogP contribution in [0.25, 0.3) is 0 Å². The number of nitrogens with one attached hydrogen (secondary N) is 1. The van der Waals surface area contributed by atoms with Crippen LogP contribution < -0.4 is 5.32 Å². The summed E-state index contributed by atoms with van der Waals surface area (Å²) in [5, 5.41) is 22.8. The highest BCUT2D eigenvalue weighted by Gasteiger charge is 2.25. The molecule has 0 radical (unpaired) electrons. The van der Waals surface area contributed by atoms with Gasteiger partial charge in [0.05, 0.1) is 0 Å². The fraction of sp³-hybridized carbons (Fsp3) is 0.429. The Bertz CT molecular complexity index is 566. The van der Waals surface area contributed by atoms with E-state index in [1.54, 1.807) is 24.3 Å². The van der Waals surface area contributed by atoms with Crippen molar-refractivity contribution in [1.82, 2.24) is 5.32 Å². The van der Waals surface area contributed by atoms with Gasteiger partial charge in [-0.25, -0.2) is 0 Å². The first-order valence-electron chi connectivity index (χ1n) is 9.02. The van der Waals surface area contributed by atoms with Crippen LogP contribution in [0.4, 0.5) is 0 Å². The summed E-state index contributed by atoms with van der Waals surface area (Å²) in [4.78, 5) is 0. The van der Waals surface area contributed by atoms with Gasteiger partial charge in [-0.2, -0.15) is 0 Å². The number of aromatic hydroxyl groups is 2. The topological polar surface area (TPSA) is 52.5 Å². The van der Waals surface area contributed by atoms with E-state index < -0.39 is 0 Å². The van der Waals surface area contributed by atoms with Gasteiger partial charge < -0.3 is 15.5 Å². The zero-order valence-electron chi connectivity index (χ0n) is 14.1. The molecule has 3 heteroatoms. The van der Waals surface area contributed by atoms with E-state index in [-0.39, 0.29) is 0 Å². The number of phenolic OH excluding ortho intramolecular Hbond substituents is 2. The Morgan fingerprint density at radius 1 is 0.708 bits per heavy atom. The van der Waals surface area contributed by atoms with Crippen LogP contribution in [-0.2, 0) is 0 Å². The number of hydrogen-bond acceptors (Lipinski definition) is 3. The molecule has 0 saturated carbocycles. The molecule has 1 aliphatic heterocycles. The van der Waals surface area contributed by atoms with Gasteiger partial charge in [0.25, 0.3) is 0 Å². The zero-order valence-corrected chi connectivity index (χ0v) is 14.1. The minimum Gasteiger partial charge on any atom is -0.508 e. The van der Waals surface area contributed by atoms with Gasteiger partial charge in [-0.1, -0.05) is 30.7 Å². The molecule has 1 fully saturated rings. The highest BCUT2D eigenvalue weighted by molar-refractivity contribution is 5.38. The van der Waals surface area contributed by atoms with E-state index in [0.29, 0.717) is 23.3 Å². The van der Waals surface area contributed by atoms with Crippen molar-refractivity contribution in [1.29, 1.82) is 0 Å². The molecular formula is C21H27NO2. The molecule has 0 bridgehead atoms. The molecule has 0 aromatic heterocycles. The first-order valence-corrected chi connectivity index (χ1v) is 9.02. The summed E-state index contributed by atoms with van der Waals surface area (Å²) in [5.41, 5.74) is 2.49. The number of rotatable bonds is 3. The minimum absolute atomic E-state index is 0.307. The van der Waals surface area contributed by atoms with Crippen LogP contribution in [0.3, 0.4) is 0 Å². The summed E-state index contributed by atoms with van der Waals surface area (Å²) in [7, 11) is 0. The first kappa shape index (κ1) is 16.8. The molecule has 1 atom stereocenters. The van der Waals surface area contributed by atoms with Crippen LogP contribution >= 0.6 is 0 Å². The van der Waals surface area contributed by atoms with Crippen molar-refractivity contribution in [2.75, 3.05) is 13.1 Å². The molecule has 3 N–H and O–H groups in total. The number of hydrogen-bond donors (Lipinski definition) is 3. The molecule has 0 spiro atoms. The van der Waals surface area contributed by atoms with Gasteiger partial charge >= 0.3 is 0 Å². The summed E-state index contributed by atoms with van der Waals surface area (Å²) < 4.78 is 0. The maximum Gasteiger partial charge on any atom is 0.115 e. The lowest BCUT2D eigenvalue weighted by Crippen LogP contribution is -2.17. The van der Waals surface area contributed by atoms with Gasteiger partial charge in [0.1, 0.15) is 11.5 Å². The maximum absolute atomic E-state index is 9.63. The van der Waals surface area contributed by atoms with Crippen molar-refractivity contribution in [2.45, 2.75) is 38.0 Å². The van der Waals surface area contributed by atoms with Crippen LogP contribution in [0.2, 0.25) is 0 Å². The molecular weight excluding hydrogens is 298 g/mol. The normalized spacial score (nSPS) is 19.5. The summed E-state index contributed by atoms with van der Waals surface area (Å²) >= 11 is 0. The molecule has 24 heavy (non-hydrogen) atoms. The van der Waals surface area contributed by atoms with Crippen molar-refractivity contribution < 1.29 is 10.2 Å². The van der Waals surface area contributed by atoms with Gasteiger partial charge in [-0.15, -0.1) is 0 Å². The predicted molar refractivity (Wildman–Crippen MR) is 97.5 cm³/mol. The summed E-state index contributed by atoms with van der Waals surface area (Å²) in [6.45, 7) is 2.21. The van der Waals surface area contributed by atoms with E-state index in [1.807, 2.05) is 24.3 Å². The second-order valence-electron chi connectivity index (χ2n) is 6.81. The average molecular weight is 325 g/mol. The Morgan fingerprint density at radius 3 is 1.79 bits per heavy atom. The summed E-state index contributed by atoms with van der Waals surface area (Å²) in [6.07, 6.45) is 6.07. The highest BCUT2D eigenvalue weighted by Crippen LogP contribution is 2.38. The fourth-order valence-electron chi connectivity index (χ4n) is 3.85.